The maximum absolute atomic E-state index is 12.4. The van der Waals surface area contributed by atoms with E-state index in [2.05, 4.69) is 31.1 Å². The Bertz CT molecular complexity index is 707. The number of anilines is 1. The van der Waals surface area contributed by atoms with E-state index in [1.807, 2.05) is 0 Å². The van der Waals surface area contributed by atoms with E-state index in [0.29, 0.717) is 10.2 Å². The predicted molar refractivity (Wildman–Crippen MR) is 83.1 cm³/mol. The van der Waals surface area contributed by atoms with Gasteiger partial charge in [0.1, 0.15) is 0 Å². The van der Waals surface area contributed by atoms with Crippen molar-refractivity contribution in [3.63, 3.8) is 0 Å². The SMILES string of the molecule is CCOc1cc(NC(=O)c2nn(C)cc2Br)ccc1OC(F)F. The van der Waals surface area contributed by atoms with Crippen LogP contribution in [0.25, 0.3) is 0 Å². The first kappa shape index (κ1) is 17.2. The maximum atomic E-state index is 12.4. The Labute approximate surface area is 139 Å². The van der Waals surface area contributed by atoms with Gasteiger partial charge in [0.2, 0.25) is 0 Å². The van der Waals surface area contributed by atoms with Crippen molar-refractivity contribution in [1.29, 1.82) is 0 Å². The standard InChI is InChI=1S/C14H14BrF2N3O3/c1-3-22-11-6-8(4-5-10(11)23-14(16)17)18-13(21)12-9(15)7-20(2)19-12/h4-7,14H,3H2,1-2H3,(H,18,21). The highest BCUT2D eigenvalue weighted by Crippen LogP contribution is 2.32. The van der Waals surface area contributed by atoms with Crippen molar-refractivity contribution in [3.05, 3.63) is 34.6 Å². The number of hydrogen-bond donors (Lipinski definition) is 1. The largest absolute Gasteiger partial charge is 0.490 e. The Morgan fingerprint density at radius 1 is 1.43 bits per heavy atom. The van der Waals surface area contributed by atoms with Crippen LogP contribution in [-0.4, -0.2) is 28.9 Å². The molecule has 0 aliphatic carbocycles. The van der Waals surface area contributed by atoms with Crippen molar-refractivity contribution in [2.75, 3.05) is 11.9 Å². The summed E-state index contributed by atoms with van der Waals surface area (Å²) in [6, 6.07) is 4.16. The average Bonchev–Trinajstić information content (AvgIpc) is 2.80. The molecule has 0 saturated heterocycles. The van der Waals surface area contributed by atoms with Gasteiger partial charge in [0.05, 0.1) is 11.1 Å². The zero-order chi connectivity index (χ0) is 17.0. The number of hydrogen-bond acceptors (Lipinski definition) is 4. The molecule has 0 bridgehead atoms. The number of rotatable bonds is 6. The van der Waals surface area contributed by atoms with E-state index >= 15 is 0 Å². The van der Waals surface area contributed by atoms with Crippen LogP contribution in [0.3, 0.4) is 0 Å². The number of alkyl halides is 2. The van der Waals surface area contributed by atoms with E-state index in [0.717, 1.165) is 0 Å². The van der Waals surface area contributed by atoms with Crippen LogP contribution < -0.4 is 14.8 Å². The average molecular weight is 390 g/mol. The molecular formula is C14H14BrF2N3O3. The molecule has 0 radical (unpaired) electrons. The van der Waals surface area contributed by atoms with Gasteiger partial charge in [-0.3, -0.25) is 9.48 Å². The fraction of sp³-hybridized carbons (Fsp3) is 0.286. The zero-order valence-electron chi connectivity index (χ0n) is 12.3. The lowest BCUT2D eigenvalue weighted by atomic mass is 10.2. The van der Waals surface area contributed by atoms with Crippen LogP contribution in [0.4, 0.5) is 14.5 Å². The number of benzene rings is 1. The second kappa shape index (κ2) is 7.40. The van der Waals surface area contributed by atoms with Gasteiger partial charge in [-0.05, 0) is 35.0 Å². The molecule has 124 valence electrons. The molecule has 1 aromatic heterocycles. The van der Waals surface area contributed by atoms with Crippen LogP contribution in [0.1, 0.15) is 17.4 Å². The summed E-state index contributed by atoms with van der Waals surface area (Å²) in [5.74, 6) is -0.424. The van der Waals surface area contributed by atoms with Crippen LogP contribution in [0, 0.1) is 0 Å². The summed E-state index contributed by atoms with van der Waals surface area (Å²) >= 11 is 3.24. The molecule has 0 unspecified atom stereocenters. The zero-order valence-corrected chi connectivity index (χ0v) is 13.9. The van der Waals surface area contributed by atoms with E-state index in [1.165, 1.54) is 22.9 Å². The molecule has 0 atom stereocenters. The number of aromatic nitrogens is 2. The Hall–Kier alpha value is -2.16. The smallest absolute Gasteiger partial charge is 0.387 e. The molecule has 23 heavy (non-hydrogen) atoms. The molecule has 1 N–H and O–H groups in total. The fourth-order valence-corrected chi connectivity index (χ4v) is 2.41. The normalized spacial score (nSPS) is 10.7. The molecule has 6 nitrogen and oxygen atoms in total. The number of carbonyl (C=O) groups excluding carboxylic acids is 1. The van der Waals surface area contributed by atoms with Crippen molar-refractivity contribution in [2.45, 2.75) is 13.5 Å². The van der Waals surface area contributed by atoms with Crippen molar-refractivity contribution >= 4 is 27.5 Å². The molecule has 0 fully saturated rings. The van der Waals surface area contributed by atoms with Gasteiger partial charge >= 0.3 is 6.61 Å². The molecule has 9 heteroatoms. The van der Waals surface area contributed by atoms with E-state index in [9.17, 15) is 13.6 Å². The molecule has 1 heterocycles. The Kier molecular flexibility index (Phi) is 5.54. The maximum Gasteiger partial charge on any atom is 0.387 e. The lowest BCUT2D eigenvalue weighted by Crippen LogP contribution is -2.14. The van der Waals surface area contributed by atoms with E-state index in [1.54, 1.807) is 20.2 Å². The molecule has 1 aromatic carbocycles. The monoisotopic (exact) mass is 389 g/mol. The number of amides is 1. The number of nitrogens with one attached hydrogen (secondary N) is 1. The summed E-state index contributed by atoms with van der Waals surface area (Å²) in [6.07, 6.45) is 1.64. The summed E-state index contributed by atoms with van der Waals surface area (Å²) in [5, 5.41) is 6.65. The Morgan fingerprint density at radius 3 is 2.74 bits per heavy atom. The Balaban J connectivity index is 2.21. The minimum atomic E-state index is -2.96. The molecular weight excluding hydrogens is 376 g/mol. The minimum Gasteiger partial charge on any atom is -0.490 e. The van der Waals surface area contributed by atoms with Gasteiger partial charge in [0.25, 0.3) is 5.91 Å². The van der Waals surface area contributed by atoms with Gasteiger partial charge in [-0.1, -0.05) is 0 Å². The molecule has 0 spiro atoms. The van der Waals surface area contributed by atoms with Gasteiger partial charge in [-0.15, -0.1) is 0 Å². The molecule has 2 aromatic rings. The minimum absolute atomic E-state index is 0.0983. The third kappa shape index (κ3) is 4.41. The third-order valence-electron chi connectivity index (χ3n) is 2.72. The Morgan fingerprint density at radius 2 is 2.17 bits per heavy atom. The quantitative estimate of drug-likeness (QED) is 0.821. The van der Waals surface area contributed by atoms with Gasteiger partial charge in [0.15, 0.2) is 17.2 Å². The van der Waals surface area contributed by atoms with Gasteiger partial charge < -0.3 is 14.8 Å². The predicted octanol–water partition coefficient (Wildman–Crippen LogP) is 3.44. The highest BCUT2D eigenvalue weighted by molar-refractivity contribution is 9.10. The molecule has 0 aliphatic rings. The van der Waals surface area contributed by atoms with E-state index < -0.39 is 12.5 Å². The third-order valence-corrected chi connectivity index (χ3v) is 3.30. The molecule has 1 amide bonds. The van der Waals surface area contributed by atoms with Gasteiger partial charge in [-0.2, -0.15) is 13.9 Å². The van der Waals surface area contributed by atoms with E-state index in [-0.39, 0.29) is 23.8 Å². The van der Waals surface area contributed by atoms with Crippen LogP contribution >= 0.6 is 15.9 Å². The van der Waals surface area contributed by atoms with Crippen molar-refractivity contribution in [1.82, 2.24) is 9.78 Å². The second-order valence-corrected chi connectivity index (χ2v) is 5.28. The van der Waals surface area contributed by atoms with Crippen molar-refractivity contribution in [3.8, 4) is 11.5 Å². The second-order valence-electron chi connectivity index (χ2n) is 4.43. The fourth-order valence-electron chi connectivity index (χ4n) is 1.85. The lowest BCUT2D eigenvalue weighted by Gasteiger charge is -2.13. The lowest BCUT2D eigenvalue weighted by molar-refractivity contribution is -0.0514. The highest BCUT2D eigenvalue weighted by Gasteiger charge is 2.16. The summed E-state index contributed by atoms with van der Waals surface area (Å²) in [5.41, 5.74) is 0.580. The van der Waals surface area contributed by atoms with Crippen molar-refractivity contribution < 1.29 is 23.0 Å². The van der Waals surface area contributed by atoms with Gasteiger partial charge in [0, 0.05) is 25.0 Å². The van der Waals surface area contributed by atoms with Crippen LogP contribution in [0.5, 0.6) is 11.5 Å². The number of aryl methyl sites for hydroxylation is 1. The van der Waals surface area contributed by atoms with Crippen LogP contribution in [0.15, 0.2) is 28.9 Å². The van der Waals surface area contributed by atoms with Crippen LogP contribution in [-0.2, 0) is 7.05 Å². The van der Waals surface area contributed by atoms with Crippen LogP contribution in [0.2, 0.25) is 0 Å². The van der Waals surface area contributed by atoms with Crippen molar-refractivity contribution in [2.24, 2.45) is 7.05 Å². The summed E-state index contributed by atoms with van der Waals surface area (Å²) in [4.78, 5) is 12.2. The van der Waals surface area contributed by atoms with Gasteiger partial charge in [-0.25, -0.2) is 0 Å². The first-order valence-electron chi connectivity index (χ1n) is 6.63. The molecule has 2 rings (SSSR count). The number of nitrogens with zero attached hydrogens (tertiary/aromatic N) is 2. The summed E-state index contributed by atoms with van der Waals surface area (Å²) < 4.78 is 36.4. The van der Waals surface area contributed by atoms with E-state index in [4.69, 9.17) is 4.74 Å². The summed E-state index contributed by atoms with van der Waals surface area (Å²) in [7, 11) is 1.69. The first-order chi connectivity index (χ1) is 10.9. The topological polar surface area (TPSA) is 65.4 Å². The highest BCUT2D eigenvalue weighted by atomic mass is 79.9. The molecule has 0 aliphatic heterocycles. The summed E-state index contributed by atoms with van der Waals surface area (Å²) in [6.45, 7) is -0.982. The number of ether oxygens (including phenoxy) is 2. The number of halogens is 3. The molecule has 0 saturated carbocycles. The first-order valence-corrected chi connectivity index (χ1v) is 7.42. The number of carbonyl (C=O) groups is 1.